The summed E-state index contributed by atoms with van der Waals surface area (Å²) in [6.45, 7) is 0.905. The van der Waals surface area contributed by atoms with Crippen LogP contribution >= 0.6 is 0 Å². The van der Waals surface area contributed by atoms with Crippen LogP contribution in [-0.2, 0) is 0 Å². The third-order valence-corrected chi connectivity index (χ3v) is 4.81. The maximum absolute atomic E-state index is 14.3. The SMILES string of the molecule is C[C@@H](N(C)c1nc(NC2CC2)nc(C2=C(F)[C@H](O)C(F)(F)CC2)n1)C(F)(F)F. The van der Waals surface area contributed by atoms with Crippen LogP contribution in [0, 0.1) is 0 Å². The molecule has 1 heterocycles. The molecule has 0 radical (unpaired) electrons. The second-order valence-corrected chi connectivity index (χ2v) is 7.02. The first-order chi connectivity index (χ1) is 12.9. The lowest BCUT2D eigenvalue weighted by molar-refractivity contribution is -0.144. The van der Waals surface area contributed by atoms with Gasteiger partial charge in [0, 0.05) is 25.1 Å². The van der Waals surface area contributed by atoms with Crippen molar-refractivity contribution in [3.05, 3.63) is 11.7 Å². The van der Waals surface area contributed by atoms with Gasteiger partial charge in [-0.25, -0.2) is 13.2 Å². The molecule has 0 aliphatic heterocycles. The summed E-state index contributed by atoms with van der Waals surface area (Å²) in [6, 6.07) is -1.91. The van der Waals surface area contributed by atoms with Gasteiger partial charge in [0.15, 0.2) is 11.9 Å². The Kier molecular flexibility index (Phi) is 5.19. The molecule has 3 rings (SSSR count). The fourth-order valence-corrected chi connectivity index (χ4v) is 2.64. The molecule has 6 nitrogen and oxygen atoms in total. The molecule has 0 unspecified atom stereocenters. The topological polar surface area (TPSA) is 74.2 Å². The van der Waals surface area contributed by atoms with Crippen molar-refractivity contribution in [2.75, 3.05) is 17.3 Å². The van der Waals surface area contributed by atoms with E-state index in [2.05, 4.69) is 20.3 Å². The Morgan fingerprint density at radius 3 is 2.43 bits per heavy atom. The van der Waals surface area contributed by atoms with Gasteiger partial charge in [0.25, 0.3) is 5.92 Å². The minimum Gasteiger partial charge on any atom is -0.380 e. The first-order valence-corrected chi connectivity index (χ1v) is 8.67. The molecule has 1 fully saturated rings. The van der Waals surface area contributed by atoms with Gasteiger partial charge in [0.2, 0.25) is 11.9 Å². The monoisotopic (exact) mass is 411 g/mol. The summed E-state index contributed by atoms with van der Waals surface area (Å²) in [5.74, 6) is -5.96. The highest BCUT2D eigenvalue weighted by Crippen LogP contribution is 2.41. The Morgan fingerprint density at radius 2 is 1.86 bits per heavy atom. The van der Waals surface area contributed by atoms with E-state index in [4.69, 9.17) is 0 Å². The summed E-state index contributed by atoms with van der Waals surface area (Å²) >= 11 is 0. The molecule has 2 atom stereocenters. The lowest BCUT2D eigenvalue weighted by Crippen LogP contribution is -2.42. The normalized spacial score (nSPS) is 23.5. The van der Waals surface area contributed by atoms with Crippen molar-refractivity contribution in [3.63, 3.8) is 0 Å². The van der Waals surface area contributed by atoms with Crippen LogP contribution in [0.3, 0.4) is 0 Å². The van der Waals surface area contributed by atoms with Gasteiger partial charge in [0.05, 0.1) is 0 Å². The van der Waals surface area contributed by atoms with Gasteiger partial charge in [-0.2, -0.15) is 28.1 Å². The zero-order chi connectivity index (χ0) is 20.9. The minimum absolute atomic E-state index is 0.0357. The van der Waals surface area contributed by atoms with Crippen LogP contribution in [0.15, 0.2) is 5.83 Å². The largest absolute Gasteiger partial charge is 0.408 e. The number of hydrogen-bond acceptors (Lipinski definition) is 6. The number of hydrogen-bond donors (Lipinski definition) is 2. The van der Waals surface area contributed by atoms with Gasteiger partial charge in [0.1, 0.15) is 11.9 Å². The van der Waals surface area contributed by atoms with E-state index >= 15 is 0 Å². The van der Waals surface area contributed by atoms with E-state index in [-0.39, 0.29) is 29.3 Å². The van der Waals surface area contributed by atoms with Crippen molar-refractivity contribution in [2.45, 2.75) is 62.9 Å². The molecule has 0 spiro atoms. The Morgan fingerprint density at radius 1 is 1.21 bits per heavy atom. The number of aromatic nitrogens is 3. The van der Waals surface area contributed by atoms with E-state index in [9.17, 15) is 31.4 Å². The number of rotatable bonds is 5. The molecular weight excluding hydrogens is 392 g/mol. The maximum atomic E-state index is 14.3. The number of anilines is 2. The number of aliphatic hydroxyl groups is 1. The highest BCUT2D eigenvalue weighted by Gasteiger charge is 2.46. The first-order valence-electron chi connectivity index (χ1n) is 8.67. The van der Waals surface area contributed by atoms with Gasteiger partial charge in [-0.3, -0.25) is 0 Å². The lowest BCUT2D eigenvalue weighted by atomic mass is 9.92. The summed E-state index contributed by atoms with van der Waals surface area (Å²) in [6.07, 6.45) is -6.90. The molecule has 28 heavy (non-hydrogen) atoms. The summed E-state index contributed by atoms with van der Waals surface area (Å²) in [5, 5.41) is 12.4. The predicted molar refractivity (Wildman–Crippen MR) is 88.6 cm³/mol. The third-order valence-electron chi connectivity index (χ3n) is 4.81. The van der Waals surface area contributed by atoms with Crippen molar-refractivity contribution < 1.29 is 31.4 Å². The van der Waals surface area contributed by atoms with Crippen LogP contribution in [-0.4, -0.2) is 57.4 Å². The van der Waals surface area contributed by atoms with Crippen molar-refractivity contribution >= 4 is 17.5 Å². The van der Waals surface area contributed by atoms with Crippen LogP contribution in [0.25, 0.3) is 5.57 Å². The smallest absolute Gasteiger partial charge is 0.380 e. The predicted octanol–water partition coefficient (Wildman–Crippen LogP) is 3.30. The summed E-state index contributed by atoms with van der Waals surface area (Å²) < 4.78 is 80.5. The fraction of sp³-hybridized carbons (Fsp3) is 0.688. The van der Waals surface area contributed by atoms with Crippen LogP contribution in [0.5, 0.6) is 0 Å². The van der Waals surface area contributed by atoms with E-state index in [1.807, 2.05) is 0 Å². The molecule has 0 bridgehead atoms. The highest BCUT2D eigenvalue weighted by molar-refractivity contribution is 5.66. The van der Waals surface area contributed by atoms with Crippen LogP contribution in [0.4, 0.5) is 38.2 Å². The number of alkyl halides is 5. The summed E-state index contributed by atoms with van der Waals surface area (Å²) in [7, 11) is 1.12. The maximum Gasteiger partial charge on any atom is 0.408 e. The van der Waals surface area contributed by atoms with E-state index in [0.29, 0.717) is 0 Å². The summed E-state index contributed by atoms with van der Waals surface area (Å²) in [5.41, 5.74) is -0.367. The average molecular weight is 411 g/mol. The van der Waals surface area contributed by atoms with Crippen molar-refractivity contribution in [1.82, 2.24) is 15.0 Å². The van der Waals surface area contributed by atoms with Crippen LogP contribution in [0.2, 0.25) is 0 Å². The Bertz CT molecular complexity index is 779. The molecule has 0 aromatic carbocycles. The molecule has 1 saturated carbocycles. The molecule has 2 N–H and O–H groups in total. The molecule has 1 aromatic rings. The highest BCUT2D eigenvalue weighted by atomic mass is 19.4. The van der Waals surface area contributed by atoms with Gasteiger partial charge in [-0.05, 0) is 26.2 Å². The molecule has 156 valence electrons. The van der Waals surface area contributed by atoms with Crippen molar-refractivity contribution in [3.8, 4) is 0 Å². The molecule has 2 aliphatic rings. The van der Waals surface area contributed by atoms with E-state index in [0.717, 1.165) is 31.7 Å². The number of aliphatic hydroxyl groups excluding tert-OH is 1. The number of allylic oxidation sites excluding steroid dienone is 1. The Labute approximate surface area is 156 Å². The van der Waals surface area contributed by atoms with Crippen LogP contribution < -0.4 is 10.2 Å². The third kappa shape index (κ3) is 4.15. The van der Waals surface area contributed by atoms with E-state index in [1.165, 1.54) is 0 Å². The number of halogens is 6. The number of nitrogens with zero attached hydrogens (tertiary/aromatic N) is 4. The minimum atomic E-state index is -4.57. The average Bonchev–Trinajstić information content (AvgIpc) is 3.41. The Hall–Kier alpha value is -2.11. The number of nitrogens with one attached hydrogen (secondary N) is 1. The van der Waals surface area contributed by atoms with Crippen molar-refractivity contribution in [2.24, 2.45) is 0 Å². The quantitative estimate of drug-likeness (QED) is 0.725. The van der Waals surface area contributed by atoms with E-state index in [1.54, 1.807) is 0 Å². The molecular formula is C16H19F6N5O. The lowest BCUT2D eigenvalue weighted by Gasteiger charge is -2.29. The van der Waals surface area contributed by atoms with Crippen molar-refractivity contribution in [1.29, 1.82) is 0 Å². The van der Waals surface area contributed by atoms with Crippen LogP contribution in [0.1, 0.15) is 38.4 Å². The van der Waals surface area contributed by atoms with Gasteiger partial charge in [-0.1, -0.05) is 0 Å². The summed E-state index contributed by atoms with van der Waals surface area (Å²) in [4.78, 5) is 12.5. The van der Waals surface area contributed by atoms with Gasteiger partial charge >= 0.3 is 6.18 Å². The van der Waals surface area contributed by atoms with E-state index < -0.39 is 42.9 Å². The van der Waals surface area contributed by atoms with Gasteiger partial charge < -0.3 is 15.3 Å². The first kappa shape index (κ1) is 20.6. The second-order valence-electron chi connectivity index (χ2n) is 7.02. The second kappa shape index (κ2) is 7.05. The molecule has 0 saturated heterocycles. The standard InChI is InChI=1S/C16H19F6N5O/c1-7(16(20,21)22)27(2)14-25-12(24-13(26-14)23-8-3-4-8)9-5-6-15(18,19)11(28)10(9)17/h7-8,11,28H,3-6H2,1-2H3,(H,23,24,25,26)/t7-,11+/m1/s1. The molecule has 2 aliphatic carbocycles. The zero-order valence-corrected chi connectivity index (χ0v) is 15.1. The molecule has 0 amide bonds. The molecule has 12 heteroatoms. The molecule has 1 aromatic heterocycles. The Balaban J connectivity index is 2.02. The zero-order valence-electron chi connectivity index (χ0n) is 15.1. The fourth-order valence-electron chi connectivity index (χ4n) is 2.64. The van der Waals surface area contributed by atoms with Gasteiger partial charge in [-0.15, -0.1) is 0 Å².